The van der Waals surface area contributed by atoms with Crippen LogP contribution >= 0.6 is 0 Å². The minimum absolute atomic E-state index is 0.183. The third kappa shape index (κ3) is 2.73. The van der Waals surface area contributed by atoms with E-state index in [1.54, 1.807) is 38.2 Å². The molecule has 0 saturated carbocycles. The first-order valence-electron chi connectivity index (χ1n) is 5.96. The summed E-state index contributed by atoms with van der Waals surface area (Å²) in [6.07, 6.45) is 1.66. The predicted octanol–water partition coefficient (Wildman–Crippen LogP) is 1.40. The Balaban J connectivity index is 2.21. The normalized spacial score (nSPS) is 12.6. The number of aromatic amines is 1. The van der Waals surface area contributed by atoms with Gasteiger partial charge in [0.1, 0.15) is 6.04 Å². The van der Waals surface area contributed by atoms with Crippen molar-refractivity contribution in [1.29, 1.82) is 0 Å². The highest BCUT2D eigenvalue weighted by Gasteiger charge is 2.23. The average molecular weight is 261 g/mol. The van der Waals surface area contributed by atoms with Crippen LogP contribution in [-0.4, -0.2) is 33.2 Å². The van der Waals surface area contributed by atoms with Gasteiger partial charge in [0.2, 0.25) is 0 Å². The third-order valence-electron chi connectivity index (χ3n) is 2.92. The molecule has 1 atom stereocenters. The number of hydrogen-bond donors (Lipinski definition) is 3. The van der Waals surface area contributed by atoms with Crippen LogP contribution in [0.25, 0.3) is 10.9 Å². The molecule has 0 fully saturated rings. The molecule has 0 spiro atoms. The highest BCUT2D eigenvalue weighted by atomic mass is 16.4. The van der Waals surface area contributed by atoms with Crippen molar-refractivity contribution in [2.45, 2.75) is 19.9 Å². The lowest BCUT2D eigenvalue weighted by atomic mass is 10.0. The van der Waals surface area contributed by atoms with E-state index in [1.165, 1.54) is 0 Å². The molecule has 0 aliphatic carbocycles. The maximum atomic E-state index is 12.0. The molecule has 0 aliphatic rings. The number of amides is 1. The van der Waals surface area contributed by atoms with Crippen molar-refractivity contribution in [3.63, 3.8) is 0 Å². The van der Waals surface area contributed by atoms with Crippen molar-refractivity contribution in [1.82, 2.24) is 15.5 Å². The zero-order valence-electron chi connectivity index (χ0n) is 10.7. The number of aromatic nitrogens is 2. The molecule has 0 unspecified atom stereocenters. The molecule has 6 heteroatoms. The Kier molecular flexibility index (Phi) is 3.50. The minimum Gasteiger partial charge on any atom is -0.480 e. The van der Waals surface area contributed by atoms with Crippen molar-refractivity contribution in [2.24, 2.45) is 5.92 Å². The Morgan fingerprint density at radius 2 is 2.11 bits per heavy atom. The van der Waals surface area contributed by atoms with Gasteiger partial charge in [-0.1, -0.05) is 19.9 Å². The van der Waals surface area contributed by atoms with Crippen LogP contribution in [0.3, 0.4) is 0 Å². The number of nitrogens with one attached hydrogen (secondary N) is 2. The first-order valence-corrected chi connectivity index (χ1v) is 5.96. The smallest absolute Gasteiger partial charge is 0.326 e. The summed E-state index contributed by atoms with van der Waals surface area (Å²) < 4.78 is 0. The van der Waals surface area contributed by atoms with Gasteiger partial charge < -0.3 is 10.4 Å². The maximum Gasteiger partial charge on any atom is 0.326 e. The number of carbonyl (C=O) groups excluding carboxylic acids is 1. The quantitative estimate of drug-likeness (QED) is 0.775. The first-order chi connectivity index (χ1) is 8.99. The monoisotopic (exact) mass is 261 g/mol. The number of fused-ring (bicyclic) bond motifs is 1. The molecule has 0 aliphatic heterocycles. The molecule has 1 amide bonds. The second kappa shape index (κ2) is 5.09. The lowest BCUT2D eigenvalue weighted by Gasteiger charge is -2.17. The van der Waals surface area contributed by atoms with Crippen LogP contribution in [-0.2, 0) is 4.79 Å². The Bertz CT molecular complexity index is 618. The zero-order valence-corrected chi connectivity index (χ0v) is 10.7. The van der Waals surface area contributed by atoms with Gasteiger partial charge in [-0.3, -0.25) is 9.89 Å². The number of nitrogens with zero attached hydrogens (tertiary/aromatic N) is 1. The molecule has 19 heavy (non-hydrogen) atoms. The maximum absolute atomic E-state index is 12.0. The summed E-state index contributed by atoms with van der Waals surface area (Å²) in [7, 11) is 0. The number of aliphatic carboxylic acids is 1. The number of hydrogen-bond acceptors (Lipinski definition) is 3. The number of rotatable bonds is 4. The molecule has 0 saturated heterocycles. The van der Waals surface area contributed by atoms with Crippen LogP contribution in [0.2, 0.25) is 0 Å². The minimum atomic E-state index is -1.04. The van der Waals surface area contributed by atoms with Crippen LogP contribution < -0.4 is 5.32 Å². The van der Waals surface area contributed by atoms with Gasteiger partial charge >= 0.3 is 5.97 Å². The van der Waals surface area contributed by atoms with E-state index in [0.717, 1.165) is 10.9 Å². The molecule has 2 rings (SSSR count). The van der Waals surface area contributed by atoms with E-state index in [1.807, 2.05) is 0 Å². The van der Waals surface area contributed by atoms with E-state index in [9.17, 15) is 9.59 Å². The van der Waals surface area contributed by atoms with Gasteiger partial charge in [-0.25, -0.2) is 4.79 Å². The van der Waals surface area contributed by atoms with Gasteiger partial charge in [0.15, 0.2) is 0 Å². The molecule has 2 aromatic rings. The van der Waals surface area contributed by atoms with Gasteiger partial charge in [-0.05, 0) is 18.1 Å². The van der Waals surface area contributed by atoms with Crippen LogP contribution in [0.1, 0.15) is 24.2 Å². The Morgan fingerprint density at radius 3 is 2.74 bits per heavy atom. The van der Waals surface area contributed by atoms with Crippen molar-refractivity contribution >= 4 is 22.8 Å². The van der Waals surface area contributed by atoms with Crippen molar-refractivity contribution in [3.8, 4) is 0 Å². The molecule has 0 bridgehead atoms. The SMILES string of the molecule is CC(C)[C@@H](NC(=O)c1ccc2cn[nH]c2c1)C(=O)O. The van der Waals surface area contributed by atoms with E-state index in [-0.39, 0.29) is 5.92 Å². The van der Waals surface area contributed by atoms with Crippen molar-refractivity contribution < 1.29 is 14.7 Å². The van der Waals surface area contributed by atoms with Gasteiger partial charge in [0, 0.05) is 10.9 Å². The average Bonchev–Trinajstić information content (AvgIpc) is 2.81. The van der Waals surface area contributed by atoms with E-state index < -0.39 is 17.9 Å². The van der Waals surface area contributed by atoms with E-state index >= 15 is 0 Å². The molecule has 3 N–H and O–H groups in total. The molecule has 6 nitrogen and oxygen atoms in total. The van der Waals surface area contributed by atoms with Crippen LogP contribution in [0.5, 0.6) is 0 Å². The Labute approximate surface area is 109 Å². The summed E-state index contributed by atoms with van der Waals surface area (Å²) in [5.74, 6) is -1.62. The summed E-state index contributed by atoms with van der Waals surface area (Å²) in [5.41, 5.74) is 1.15. The molecule has 1 aromatic carbocycles. The fourth-order valence-corrected chi connectivity index (χ4v) is 1.82. The summed E-state index contributed by atoms with van der Waals surface area (Å²) >= 11 is 0. The standard InChI is InChI=1S/C13H15N3O3/c1-7(2)11(13(18)19)15-12(17)8-3-4-9-6-14-16-10(9)5-8/h3-7,11H,1-2H3,(H,14,16)(H,15,17)(H,18,19)/t11-/m1/s1. The predicted molar refractivity (Wildman–Crippen MR) is 69.8 cm³/mol. The number of H-pyrrole nitrogens is 1. The van der Waals surface area contributed by atoms with Crippen LogP contribution in [0, 0.1) is 5.92 Å². The first kappa shape index (κ1) is 13.1. The third-order valence-corrected chi connectivity index (χ3v) is 2.92. The van der Waals surface area contributed by atoms with Gasteiger partial charge in [-0.15, -0.1) is 0 Å². The van der Waals surface area contributed by atoms with Crippen LogP contribution in [0.15, 0.2) is 24.4 Å². The summed E-state index contributed by atoms with van der Waals surface area (Å²) in [5, 5.41) is 19.1. The molecule has 0 radical (unpaired) electrons. The highest BCUT2D eigenvalue weighted by molar-refractivity contribution is 5.99. The van der Waals surface area contributed by atoms with E-state index in [4.69, 9.17) is 5.11 Å². The number of carboxylic acids is 1. The second-order valence-corrected chi connectivity index (χ2v) is 4.71. The van der Waals surface area contributed by atoms with Crippen molar-refractivity contribution in [3.05, 3.63) is 30.0 Å². The molecular formula is C13H15N3O3. The topological polar surface area (TPSA) is 95.1 Å². The summed E-state index contributed by atoms with van der Waals surface area (Å²) in [6, 6.07) is 4.16. The number of carboxylic acid groups (broad SMARTS) is 1. The van der Waals surface area contributed by atoms with Crippen molar-refractivity contribution in [2.75, 3.05) is 0 Å². The van der Waals surface area contributed by atoms with Gasteiger partial charge in [0.25, 0.3) is 5.91 Å². The lowest BCUT2D eigenvalue weighted by Crippen LogP contribution is -2.44. The molecular weight excluding hydrogens is 246 g/mol. The Morgan fingerprint density at radius 1 is 1.37 bits per heavy atom. The highest BCUT2D eigenvalue weighted by Crippen LogP contribution is 2.13. The molecule has 100 valence electrons. The lowest BCUT2D eigenvalue weighted by molar-refractivity contribution is -0.140. The van der Waals surface area contributed by atoms with Gasteiger partial charge in [0.05, 0.1) is 11.7 Å². The summed E-state index contributed by atoms with van der Waals surface area (Å²) in [4.78, 5) is 23.1. The molecule has 1 aromatic heterocycles. The number of benzene rings is 1. The largest absolute Gasteiger partial charge is 0.480 e. The van der Waals surface area contributed by atoms with Crippen LogP contribution in [0.4, 0.5) is 0 Å². The van der Waals surface area contributed by atoms with E-state index in [2.05, 4.69) is 15.5 Å². The zero-order chi connectivity index (χ0) is 14.0. The fraction of sp³-hybridized carbons (Fsp3) is 0.308. The Hall–Kier alpha value is -2.37. The second-order valence-electron chi connectivity index (χ2n) is 4.71. The fourth-order valence-electron chi connectivity index (χ4n) is 1.82. The summed E-state index contributed by atoms with van der Waals surface area (Å²) in [6.45, 7) is 3.49. The number of carbonyl (C=O) groups is 2. The van der Waals surface area contributed by atoms with Gasteiger partial charge in [-0.2, -0.15) is 5.10 Å². The van der Waals surface area contributed by atoms with E-state index in [0.29, 0.717) is 5.56 Å². The molecule has 1 heterocycles.